The number of amides is 2. The van der Waals surface area contributed by atoms with Crippen LogP contribution >= 0.6 is 0 Å². The van der Waals surface area contributed by atoms with Gasteiger partial charge in [-0.25, -0.2) is 4.79 Å². The number of likely N-dealkylation sites (tertiary alicyclic amines) is 1. The maximum absolute atomic E-state index is 12.1. The van der Waals surface area contributed by atoms with E-state index in [9.17, 15) is 9.59 Å². The molecule has 1 aromatic rings. The van der Waals surface area contributed by atoms with Crippen LogP contribution in [0.25, 0.3) is 6.08 Å². The van der Waals surface area contributed by atoms with Gasteiger partial charge in [0.25, 0.3) is 0 Å². The Morgan fingerprint density at radius 1 is 1.27 bits per heavy atom. The first-order chi connectivity index (χ1) is 12.5. The van der Waals surface area contributed by atoms with Gasteiger partial charge in [-0.3, -0.25) is 9.69 Å². The summed E-state index contributed by atoms with van der Waals surface area (Å²) in [6.45, 7) is 3.84. The van der Waals surface area contributed by atoms with Crippen molar-refractivity contribution >= 4 is 18.1 Å². The van der Waals surface area contributed by atoms with Crippen LogP contribution in [-0.2, 0) is 9.53 Å². The van der Waals surface area contributed by atoms with E-state index in [0.29, 0.717) is 5.92 Å². The molecule has 0 radical (unpaired) electrons. The molecule has 1 heterocycles. The molecule has 0 aromatic heterocycles. The maximum Gasteiger partial charge on any atom is 0.407 e. The van der Waals surface area contributed by atoms with E-state index in [1.54, 1.807) is 0 Å². The van der Waals surface area contributed by atoms with Crippen molar-refractivity contribution < 1.29 is 14.3 Å². The molecule has 3 rings (SSSR count). The molecule has 140 valence electrons. The predicted molar refractivity (Wildman–Crippen MR) is 100 cm³/mol. The summed E-state index contributed by atoms with van der Waals surface area (Å²) in [5, 5.41) is 2.97. The van der Waals surface area contributed by atoms with Gasteiger partial charge in [-0.1, -0.05) is 42.0 Å². The molecule has 2 aliphatic rings. The summed E-state index contributed by atoms with van der Waals surface area (Å²) in [6.07, 6.45) is 4.19. The Morgan fingerprint density at radius 2 is 1.96 bits per heavy atom. The Morgan fingerprint density at radius 3 is 2.62 bits per heavy atom. The number of nitrogens with two attached hydrogens (primary N) is 1. The van der Waals surface area contributed by atoms with Gasteiger partial charge < -0.3 is 15.8 Å². The lowest BCUT2D eigenvalue weighted by Crippen LogP contribution is -2.43. The van der Waals surface area contributed by atoms with Gasteiger partial charge >= 0.3 is 6.09 Å². The Labute approximate surface area is 154 Å². The summed E-state index contributed by atoms with van der Waals surface area (Å²) in [5.74, 6) is 0.0704. The third-order valence-corrected chi connectivity index (χ3v) is 5.06. The molecule has 2 amide bonds. The number of alkyl carbamates (subject to hydrolysis) is 1. The Kier molecular flexibility index (Phi) is 5.93. The summed E-state index contributed by atoms with van der Waals surface area (Å²) in [6, 6.07) is 10.4. The van der Waals surface area contributed by atoms with Gasteiger partial charge in [0, 0.05) is 25.0 Å². The van der Waals surface area contributed by atoms with Crippen LogP contribution in [-0.4, -0.2) is 48.7 Å². The van der Waals surface area contributed by atoms with Crippen LogP contribution in [0.15, 0.2) is 35.9 Å². The monoisotopic (exact) mass is 357 g/mol. The number of piperidine rings is 1. The van der Waals surface area contributed by atoms with E-state index in [1.807, 2.05) is 23.1 Å². The Bertz CT molecular complexity index is 666. The summed E-state index contributed by atoms with van der Waals surface area (Å²) >= 11 is 0. The zero-order valence-corrected chi connectivity index (χ0v) is 15.2. The number of hydrogen-bond donors (Lipinski definition) is 2. The number of rotatable bonds is 6. The standard InChI is InChI=1S/C20H27N3O3/c1-14(11-15-5-3-2-4-6-15)17-12-18(17)22-20(25)26-16-7-9-23(10-8-16)13-19(21)24/h2-6,11,16-18H,7-10,12-13H2,1H3,(H2,21,24)(H,22,25)/b14-11+/t17-,18+/m0/s1. The van der Waals surface area contributed by atoms with Crippen molar-refractivity contribution in [2.45, 2.75) is 38.3 Å². The van der Waals surface area contributed by atoms with Gasteiger partial charge in [0.15, 0.2) is 0 Å². The van der Waals surface area contributed by atoms with E-state index < -0.39 is 0 Å². The second-order valence-electron chi connectivity index (χ2n) is 7.24. The van der Waals surface area contributed by atoms with Crippen molar-refractivity contribution in [3.05, 3.63) is 41.5 Å². The first-order valence-electron chi connectivity index (χ1n) is 9.22. The van der Waals surface area contributed by atoms with Crippen LogP contribution in [0, 0.1) is 5.92 Å². The lowest BCUT2D eigenvalue weighted by Gasteiger charge is -2.30. The first-order valence-corrected chi connectivity index (χ1v) is 9.22. The molecule has 1 aliphatic carbocycles. The molecule has 3 N–H and O–H groups in total. The highest BCUT2D eigenvalue weighted by Gasteiger charge is 2.40. The number of nitrogens with zero attached hydrogens (tertiary/aromatic N) is 1. The van der Waals surface area contributed by atoms with E-state index in [2.05, 4.69) is 30.4 Å². The highest BCUT2D eigenvalue weighted by molar-refractivity contribution is 5.75. The van der Waals surface area contributed by atoms with Crippen LogP contribution in [0.2, 0.25) is 0 Å². The highest BCUT2D eigenvalue weighted by atomic mass is 16.6. The summed E-state index contributed by atoms with van der Waals surface area (Å²) in [4.78, 5) is 25.0. The van der Waals surface area contributed by atoms with Gasteiger partial charge in [-0.2, -0.15) is 0 Å². The molecule has 26 heavy (non-hydrogen) atoms. The van der Waals surface area contributed by atoms with Crippen molar-refractivity contribution in [1.29, 1.82) is 0 Å². The molecule has 0 unspecified atom stereocenters. The van der Waals surface area contributed by atoms with Crippen LogP contribution < -0.4 is 11.1 Å². The third kappa shape index (κ3) is 5.33. The zero-order chi connectivity index (χ0) is 18.5. The average Bonchev–Trinajstić information content (AvgIpc) is 3.36. The van der Waals surface area contributed by atoms with Gasteiger partial charge in [0.1, 0.15) is 6.10 Å². The molecule has 0 bridgehead atoms. The van der Waals surface area contributed by atoms with E-state index in [4.69, 9.17) is 10.5 Å². The fourth-order valence-corrected chi connectivity index (χ4v) is 3.52. The van der Waals surface area contributed by atoms with E-state index in [-0.39, 0.29) is 30.7 Å². The van der Waals surface area contributed by atoms with Gasteiger partial charge in [0.05, 0.1) is 6.54 Å². The van der Waals surface area contributed by atoms with Crippen molar-refractivity contribution in [2.24, 2.45) is 11.7 Å². The number of ether oxygens (including phenoxy) is 1. The molecule has 6 heteroatoms. The van der Waals surface area contributed by atoms with Crippen LogP contribution in [0.1, 0.15) is 31.7 Å². The summed E-state index contributed by atoms with van der Waals surface area (Å²) in [5.41, 5.74) is 7.67. The average molecular weight is 357 g/mol. The fourth-order valence-electron chi connectivity index (χ4n) is 3.52. The number of carbonyl (C=O) groups excluding carboxylic acids is 2. The van der Waals surface area contributed by atoms with E-state index in [1.165, 1.54) is 11.1 Å². The molecule has 2 fully saturated rings. The van der Waals surface area contributed by atoms with Crippen LogP contribution in [0.5, 0.6) is 0 Å². The molecule has 6 nitrogen and oxygen atoms in total. The lowest BCUT2D eigenvalue weighted by atomic mass is 10.1. The number of benzene rings is 1. The molecule has 1 saturated carbocycles. The highest BCUT2D eigenvalue weighted by Crippen LogP contribution is 2.38. The number of nitrogens with one attached hydrogen (secondary N) is 1. The third-order valence-electron chi connectivity index (χ3n) is 5.06. The van der Waals surface area contributed by atoms with Crippen molar-refractivity contribution in [3.8, 4) is 0 Å². The quantitative estimate of drug-likeness (QED) is 0.817. The molecule has 1 aromatic carbocycles. The minimum Gasteiger partial charge on any atom is -0.446 e. The summed E-state index contributed by atoms with van der Waals surface area (Å²) < 4.78 is 5.53. The van der Waals surface area contributed by atoms with Crippen LogP contribution in [0.3, 0.4) is 0 Å². The molecular formula is C20H27N3O3. The second-order valence-corrected chi connectivity index (χ2v) is 7.24. The van der Waals surface area contributed by atoms with Crippen LogP contribution in [0.4, 0.5) is 4.79 Å². The predicted octanol–water partition coefficient (Wildman–Crippen LogP) is 2.15. The number of primary amides is 1. The zero-order valence-electron chi connectivity index (χ0n) is 15.2. The van der Waals surface area contributed by atoms with Gasteiger partial charge in [0.2, 0.25) is 5.91 Å². The van der Waals surface area contributed by atoms with Crippen molar-refractivity contribution in [1.82, 2.24) is 10.2 Å². The molecular weight excluding hydrogens is 330 g/mol. The maximum atomic E-state index is 12.1. The Hall–Kier alpha value is -2.34. The SMILES string of the molecule is C/C(=C\c1ccccc1)[C@@H]1C[C@H]1NC(=O)OC1CCN(CC(N)=O)CC1. The van der Waals surface area contributed by atoms with E-state index >= 15 is 0 Å². The minimum absolute atomic E-state index is 0.0858. The van der Waals surface area contributed by atoms with Crippen molar-refractivity contribution in [2.75, 3.05) is 19.6 Å². The smallest absolute Gasteiger partial charge is 0.407 e. The number of hydrogen-bond acceptors (Lipinski definition) is 4. The minimum atomic E-state index is -0.335. The second kappa shape index (κ2) is 8.36. The van der Waals surface area contributed by atoms with Gasteiger partial charge in [-0.15, -0.1) is 0 Å². The largest absolute Gasteiger partial charge is 0.446 e. The Balaban J connectivity index is 1.39. The molecule has 1 aliphatic heterocycles. The number of carbonyl (C=O) groups is 2. The molecule has 2 atom stereocenters. The first kappa shape index (κ1) is 18.5. The summed E-state index contributed by atoms with van der Waals surface area (Å²) in [7, 11) is 0. The topological polar surface area (TPSA) is 84.7 Å². The van der Waals surface area contributed by atoms with E-state index in [0.717, 1.165) is 32.4 Å². The lowest BCUT2D eigenvalue weighted by molar-refractivity contribution is -0.119. The van der Waals surface area contributed by atoms with Crippen molar-refractivity contribution in [3.63, 3.8) is 0 Å². The molecule has 1 saturated heterocycles. The fraction of sp³-hybridized carbons (Fsp3) is 0.500. The molecule has 0 spiro atoms. The normalized spacial score (nSPS) is 24.1. The van der Waals surface area contributed by atoms with Gasteiger partial charge in [-0.05, 0) is 31.7 Å².